The molecule has 172 valence electrons. The number of rotatable bonds is 11. The third kappa shape index (κ3) is 8.29. The largest absolute Gasteiger partial charge is 0.392 e. The van der Waals surface area contributed by atoms with Gasteiger partial charge in [0.1, 0.15) is 5.78 Å². The molecule has 0 unspecified atom stereocenters. The molecule has 0 aromatic carbocycles. The standard InChI is InChI=1S/C24H34BrNO4S/c1-16-14-18(31-24(16)25)12-10-17(27)11-13-20-19(21(28)15-22(20)29)8-6-4-5-7-9-23(30)26(2)3/h4,6,11,13-14,17,19-21,27-28H,5,7-10,12,15H2,1-3H3/b6-4-,13-11+/t17-,19+,20+,21-/m0/s1. The number of carbonyl (C=O) groups is 2. The minimum absolute atomic E-state index is 0.0312. The summed E-state index contributed by atoms with van der Waals surface area (Å²) in [5.74, 6) is -0.367. The molecule has 1 aromatic rings. The first-order valence-electron chi connectivity index (χ1n) is 10.9. The van der Waals surface area contributed by atoms with Gasteiger partial charge in [-0.05, 0) is 66.6 Å². The van der Waals surface area contributed by atoms with Crippen molar-refractivity contribution in [2.75, 3.05) is 14.1 Å². The predicted molar refractivity (Wildman–Crippen MR) is 129 cm³/mol. The number of aryl methyl sites for hydroxylation is 2. The second kappa shape index (κ2) is 12.7. The number of amides is 1. The van der Waals surface area contributed by atoms with E-state index in [1.807, 2.05) is 12.2 Å². The highest BCUT2D eigenvalue weighted by Gasteiger charge is 2.39. The van der Waals surface area contributed by atoms with Gasteiger partial charge in [-0.25, -0.2) is 0 Å². The highest BCUT2D eigenvalue weighted by atomic mass is 79.9. The van der Waals surface area contributed by atoms with Crippen LogP contribution in [0.1, 0.15) is 49.0 Å². The molecule has 0 bridgehead atoms. The van der Waals surface area contributed by atoms with Crippen molar-refractivity contribution in [2.45, 2.75) is 64.1 Å². The highest BCUT2D eigenvalue weighted by molar-refractivity contribution is 9.11. The maximum absolute atomic E-state index is 12.3. The summed E-state index contributed by atoms with van der Waals surface area (Å²) >= 11 is 5.21. The Morgan fingerprint density at radius 2 is 2.13 bits per heavy atom. The third-order valence-corrected chi connectivity index (χ3v) is 7.90. The van der Waals surface area contributed by atoms with E-state index >= 15 is 0 Å². The number of Topliss-reactive ketones (excluding diaryl/α,β-unsaturated/α-hetero) is 1. The number of allylic oxidation sites excluding steroid dienone is 3. The van der Waals surface area contributed by atoms with Crippen molar-refractivity contribution in [3.63, 3.8) is 0 Å². The van der Waals surface area contributed by atoms with Crippen molar-refractivity contribution in [2.24, 2.45) is 11.8 Å². The molecule has 2 N–H and O–H groups in total. The van der Waals surface area contributed by atoms with Gasteiger partial charge in [-0.15, -0.1) is 11.3 Å². The van der Waals surface area contributed by atoms with Gasteiger partial charge in [0.05, 0.1) is 16.0 Å². The zero-order valence-corrected chi connectivity index (χ0v) is 21.0. The van der Waals surface area contributed by atoms with Crippen LogP contribution in [-0.2, 0) is 16.0 Å². The number of halogens is 1. The van der Waals surface area contributed by atoms with Crippen molar-refractivity contribution in [1.29, 1.82) is 0 Å². The predicted octanol–water partition coefficient (Wildman–Crippen LogP) is 4.44. The number of hydrogen-bond acceptors (Lipinski definition) is 5. The lowest BCUT2D eigenvalue weighted by Gasteiger charge is -2.17. The van der Waals surface area contributed by atoms with Gasteiger partial charge in [0.2, 0.25) is 5.91 Å². The molecule has 1 aromatic heterocycles. The summed E-state index contributed by atoms with van der Waals surface area (Å²) in [6.45, 7) is 2.05. The van der Waals surface area contributed by atoms with Crippen LogP contribution in [-0.4, -0.2) is 53.1 Å². The number of carbonyl (C=O) groups excluding carboxylic acids is 2. The molecule has 5 nitrogen and oxygen atoms in total. The molecule has 7 heteroatoms. The van der Waals surface area contributed by atoms with Gasteiger partial charge in [0.25, 0.3) is 0 Å². The monoisotopic (exact) mass is 511 g/mol. The number of hydrogen-bond donors (Lipinski definition) is 2. The Balaban J connectivity index is 1.81. The van der Waals surface area contributed by atoms with Crippen LogP contribution in [0, 0.1) is 18.8 Å². The smallest absolute Gasteiger partial charge is 0.222 e. The molecule has 1 saturated carbocycles. The summed E-state index contributed by atoms with van der Waals surface area (Å²) in [6.07, 6.45) is 10.5. The quantitative estimate of drug-likeness (QED) is 0.340. The molecular formula is C24H34BrNO4S. The van der Waals surface area contributed by atoms with E-state index in [9.17, 15) is 19.8 Å². The van der Waals surface area contributed by atoms with Crippen molar-refractivity contribution in [1.82, 2.24) is 4.90 Å². The van der Waals surface area contributed by atoms with Crippen LogP contribution in [0.25, 0.3) is 0 Å². The first kappa shape index (κ1) is 26.0. The van der Waals surface area contributed by atoms with Gasteiger partial charge >= 0.3 is 0 Å². The Bertz CT molecular complexity index is 782. The van der Waals surface area contributed by atoms with E-state index in [1.165, 1.54) is 10.4 Å². The second-order valence-corrected chi connectivity index (χ2v) is 10.9. The number of aliphatic hydroxyl groups excluding tert-OH is 2. The molecular weight excluding hydrogens is 478 g/mol. The van der Waals surface area contributed by atoms with Crippen LogP contribution >= 0.6 is 27.3 Å². The molecule has 31 heavy (non-hydrogen) atoms. The molecule has 2 rings (SSSR count). The van der Waals surface area contributed by atoms with E-state index < -0.39 is 12.2 Å². The van der Waals surface area contributed by atoms with Gasteiger partial charge < -0.3 is 15.1 Å². The minimum Gasteiger partial charge on any atom is -0.392 e. The molecule has 0 saturated heterocycles. The van der Waals surface area contributed by atoms with E-state index in [1.54, 1.807) is 42.5 Å². The van der Waals surface area contributed by atoms with Crippen LogP contribution in [0.5, 0.6) is 0 Å². The lowest BCUT2D eigenvalue weighted by atomic mass is 9.90. The number of ketones is 1. The Labute approximate surface area is 198 Å². The summed E-state index contributed by atoms with van der Waals surface area (Å²) < 4.78 is 1.12. The molecule has 1 amide bonds. The lowest BCUT2D eigenvalue weighted by molar-refractivity contribution is -0.128. The molecule has 1 fully saturated rings. The van der Waals surface area contributed by atoms with Crippen LogP contribution in [0.3, 0.4) is 0 Å². The number of aliphatic hydroxyl groups is 2. The second-order valence-electron chi connectivity index (χ2n) is 8.48. The number of thiophene rings is 1. The topological polar surface area (TPSA) is 77.8 Å². The Kier molecular flexibility index (Phi) is 10.6. The third-order valence-electron chi connectivity index (χ3n) is 5.71. The maximum atomic E-state index is 12.3. The van der Waals surface area contributed by atoms with E-state index in [4.69, 9.17) is 0 Å². The molecule has 0 radical (unpaired) electrons. The number of nitrogens with zero attached hydrogens (tertiary/aromatic N) is 1. The summed E-state index contributed by atoms with van der Waals surface area (Å²) in [4.78, 5) is 26.7. The SMILES string of the molecule is Cc1cc(CC[C@H](O)/C=C/[C@H]2C(=O)C[C@H](O)[C@@H]2C/C=C\CCCC(=O)N(C)C)sc1Br. The molecule has 0 spiro atoms. The average molecular weight is 513 g/mol. The molecule has 0 aliphatic heterocycles. The van der Waals surface area contributed by atoms with E-state index in [-0.39, 0.29) is 29.9 Å². The van der Waals surface area contributed by atoms with Gasteiger partial charge in [0.15, 0.2) is 0 Å². The van der Waals surface area contributed by atoms with Gasteiger partial charge in [-0.1, -0.05) is 24.3 Å². The van der Waals surface area contributed by atoms with Crippen molar-refractivity contribution in [3.05, 3.63) is 44.6 Å². The molecule has 1 aliphatic carbocycles. The van der Waals surface area contributed by atoms with Crippen LogP contribution in [0.2, 0.25) is 0 Å². The maximum Gasteiger partial charge on any atom is 0.222 e. The minimum atomic E-state index is -0.647. The number of unbranched alkanes of at least 4 members (excludes halogenated alkanes) is 1. The van der Waals surface area contributed by atoms with Crippen molar-refractivity contribution >= 4 is 39.0 Å². The summed E-state index contributed by atoms with van der Waals surface area (Å²) in [5.41, 5.74) is 1.20. The highest BCUT2D eigenvalue weighted by Crippen LogP contribution is 2.34. The molecule has 1 aliphatic rings. The van der Waals surface area contributed by atoms with Gasteiger partial charge in [-0.3, -0.25) is 9.59 Å². The average Bonchev–Trinajstić information content (AvgIpc) is 3.17. The fourth-order valence-electron chi connectivity index (χ4n) is 3.77. The first-order chi connectivity index (χ1) is 14.7. The van der Waals surface area contributed by atoms with Crippen LogP contribution < -0.4 is 0 Å². The van der Waals surface area contributed by atoms with E-state index in [0.717, 1.165) is 23.0 Å². The fourth-order valence-corrected chi connectivity index (χ4v) is 5.42. The Morgan fingerprint density at radius 1 is 1.39 bits per heavy atom. The van der Waals surface area contributed by atoms with Crippen molar-refractivity contribution in [3.8, 4) is 0 Å². The summed E-state index contributed by atoms with van der Waals surface area (Å²) in [6, 6.07) is 2.13. The molecule has 1 heterocycles. The van der Waals surface area contributed by atoms with Crippen LogP contribution in [0.15, 0.2) is 34.2 Å². The lowest BCUT2D eigenvalue weighted by Crippen LogP contribution is -2.20. The zero-order valence-electron chi connectivity index (χ0n) is 18.6. The zero-order chi connectivity index (χ0) is 23.0. The Hall–Kier alpha value is -1.28. The fraction of sp³-hybridized carbons (Fsp3) is 0.583. The van der Waals surface area contributed by atoms with E-state index in [0.29, 0.717) is 19.3 Å². The van der Waals surface area contributed by atoms with E-state index in [2.05, 4.69) is 28.9 Å². The van der Waals surface area contributed by atoms with Crippen LogP contribution in [0.4, 0.5) is 0 Å². The normalized spacial score (nSPS) is 22.6. The summed E-state index contributed by atoms with van der Waals surface area (Å²) in [7, 11) is 3.51. The van der Waals surface area contributed by atoms with Crippen molar-refractivity contribution < 1.29 is 19.8 Å². The summed E-state index contributed by atoms with van der Waals surface area (Å²) in [5, 5.41) is 20.6. The Morgan fingerprint density at radius 3 is 2.77 bits per heavy atom. The first-order valence-corrected chi connectivity index (χ1v) is 12.5. The van der Waals surface area contributed by atoms with Gasteiger partial charge in [0, 0.05) is 43.6 Å². The molecule has 4 atom stereocenters. The van der Waals surface area contributed by atoms with Gasteiger partial charge in [-0.2, -0.15) is 0 Å².